The van der Waals surface area contributed by atoms with Crippen LogP contribution >= 0.6 is 0 Å². The number of aliphatic hydroxyl groups excluding tert-OH is 2. The number of unbranched alkanes of at least 4 members (excludes halogenated alkanes) is 1. The van der Waals surface area contributed by atoms with Gasteiger partial charge in [-0.3, -0.25) is 9.59 Å². The molecule has 5 fully saturated rings. The van der Waals surface area contributed by atoms with E-state index in [-0.39, 0.29) is 40.9 Å². The molecule has 2 amide bonds. The molecule has 6 nitrogen and oxygen atoms in total. The first-order valence-electron chi connectivity index (χ1n) is 23.7. The van der Waals surface area contributed by atoms with Gasteiger partial charge < -0.3 is 20.4 Å². The van der Waals surface area contributed by atoms with Crippen LogP contribution in [0.2, 0.25) is 0 Å². The van der Waals surface area contributed by atoms with Crippen LogP contribution in [0.1, 0.15) is 163 Å². The number of likely N-dealkylation sites (tertiary alicyclic amines) is 1. The monoisotopic (exact) mass is 787 g/mol. The minimum atomic E-state index is -0.260. The van der Waals surface area contributed by atoms with E-state index in [9.17, 15) is 19.8 Å². The lowest BCUT2D eigenvalue weighted by atomic mass is 9.41. The Hall–Kier alpha value is -2.44. The van der Waals surface area contributed by atoms with Crippen molar-refractivity contribution in [1.82, 2.24) is 10.2 Å². The van der Waals surface area contributed by atoms with E-state index in [1.807, 2.05) is 4.90 Å². The van der Waals surface area contributed by atoms with E-state index in [0.29, 0.717) is 54.3 Å². The first kappa shape index (κ1) is 45.6. The summed E-state index contributed by atoms with van der Waals surface area (Å²) in [7, 11) is 0. The molecular formula is C51H82N2O4. The molecule has 6 heteroatoms. The molecule has 0 radical (unpaired) electrons. The maximum absolute atomic E-state index is 13.2. The van der Waals surface area contributed by atoms with Gasteiger partial charge in [0.2, 0.25) is 11.8 Å². The Morgan fingerprint density at radius 3 is 1.96 bits per heavy atom. The fourth-order valence-corrected chi connectivity index (χ4v) is 13.0. The summed E-state index contributed by atoms with van der Waals surface area (Å²) in [6.45, 7) is 13.3. The number of allylic oxidation sites excluding steroid dienone is 10. The average molecular weight is 787 g/mol. The Morgan fingerprint density at radius 2 is 1.33 bits per heavy atom. The summed E-state index contributed by atoms with van der Waals surface area (Å²) in [5.74, 6) is 3.69. The van der Waals surface area contributed by atoms with Crippen molar-refractivity contribution in [3.8, 4) is 0 Å². The minimum Gasteiger partial charge on any atom is -0.393 e. The van der Waals surface area contributed by atoms with Crippen LogP contribution in [0.4, 0.5) is 0 Å². The summed E-state index contributed by atoms with van der Waals surface area (Å²) in [6, 6.07) is 0.159. The number of carbonyl (C=O) groups is 2. The molecule has 1 aliphatic heterocycles. The Balaban J connectivity index is 0.951. The molecule has 4 aliphatic carbocycles. The van der Waals surface area contributed by atoms with Gasteiger partial charge in [0.25, 0.3) is 0 Å². The molecule has 0 aromatic rings. The standard InChI is InChI=1S/C51H82N2O4/c1-6-8-9-10-11-12-13-14-15-16-17-18-19-20-21-22-23-24-47(56)53-35-31-39(32-36-53)52-46(55)28-25-38(3)42-26-27-43-48-44(30-34-50(42,43)4)51(5)33-29-40(54)37-45(51)41(7-2)49(48)57/h8-9,11-12,14-15,17-18,20-21,38-45,48-49,54,57H,6-7,10,13,16,19,22-37H2,1-5H3,(H,52,55)/b9-8-,12-11-,15-14-,18-17-,21-20-/t38-,40-,41-,42?,43+,44+,45+,48+,49-,50-,51-/m1/s1. The van der Waals surface area contributed by atoms with Gasteiger partial charge in [-0.25, -0.2) is 0 Å². The zero-order valence-corrected chi connectivity index (χ0v) is 36.8. The molecule has 11 atom stereocenters. The van der Waals surface area contributed by atoms with Gasteiger partial charge in [-0.05, 0) is 161 Å². The SMILES string of the molecule is CC/C=C\C/C=C\C/C=C\C/C=C\C/C=C\CCCC(=O)N1CCC(NC(=O)CC[C@@H](C)C2CC[C@H]3[C@@H]4[C@H](O)[C@H](CC)[C@@H]5C[C@H](O)CC[C@]5(C)[C@H]4CC[C@]23C)CC1. The van der Waals surface area contributed by atoms with Crippen LogP contribution in [0, 0.1) is 52.3 Å². The third-order valence-electron chi connectivity index (χ3n) is 16.1. The van der Waals surface area contributed by atoms with E-state index in [0.717, 1.165) is 103 Å². The zero-order valence-electron chi connectivity index (χ0n) is 36.8. The Labute approximate surface area is 348 Å². The summed E-state index contributed by atoms with van der Waals surface area (Å²) < 4.78 is 0. The fraction of sp³-hybridized carbons (Fsp3) is 0.765. The van der Waals surface area contributed by atoms with Crippen molar-refractivity contribution in [3.05, 3.63) is 60.8 Å². The Bertz CT molecular complexity index is 1410. The molecule has 0 spiro atoms. The highest BCUT2D eigenvalue weighted by atomic mass is 16.3. The number of nitrogens with zero attached hydrogens (tertiary/aromatic N) is 1. The second kappa shape index (κ2) is 22.2. The van der Waals surface area contributed by atoms with Gasteiger partial charge in [0.05, 0.1) is 12.2 Å². The molecule has 1 heterocycles. The van der Waals surface area contributed by atoms with Gasteiger partial charge in [0.15, 0.2) is 0 Å². The van der Waals surface area contributed by atoms with Crippen molar-refractivity contribution in [2.45, 2.75) is 181 Å². The number of amides is 2. The summed E-state index contributed by atoms with van der Waals surface area (Å²) in [5.41, 5.74) is 0.454. The van der Waals surface area contributed by atoms with Crippen LogP contribution in [0.25, 0.3) is 0 Å². The number of hydrogen-bond donors (Lipinski definition) is 3. The maximum atomic E-state index is 13.2. The average Bonchev–Trinajstić information content (AvgIpc) is 3.56. The zero-order chi connectivity index (χ0) is 40.8. The van der Waals surface area contributed by atoms with Gasteiger partial charge in [0, 0.05) is 32.0 Å². The molecular weight excluding hydrogens is 705 g/mol. The third kappa shape index (κ3) is 11.6. The highest BCUT2D eigenvalue weighted by molar-refractivity contribution is 5.77. The van der Waals surface area contributed by atoms with E-state index in [1.165, 1.54) is 25.7 Å². The smallest absolute Gasteiger partial charge is 0.222 e. The Morgan fingerprint density at radius 1 is 0.737 bits per heavy atom. The molecule has 57 heavy (non-hydrogen) atoms. The molecule has 1 unspecified atom stereocenters. The van der Waals surface area contributed by atoms with Crippen LogP contribution in [0.3, 0.4) is 0 Å². The van der Waals surface area contributed by atoms with E-state index in [1.54, 1.807) is 0 Å². The van der Waals surface area contributed by atoms with Gasteiger partial charge in [-0.2, -0.15) is 0 Å². The van der Waals surface area contributed by atoms with Crippen molar-refractivity contribution >= 4 is 11.8 Å². The lowest BCUT2D eigenvalue weighted by Gasteiger charge is -2.64. The maximum Gasteiger partial charge on any atom is 0.222 e. The highest BCUT2D eigenvalue weighted by Gasteiger charge is 2.64. The van der Waals surface area contributed by atoms with Crippen molar-refractivity contribution in [1.29, 1.82) is 0 Å². The van der Waals surface area contributed by atoms with Crippen LogP contribution in [0.5, 0.6) is 0 Å². The predicted molar refractivity (Wildman–Crippen MR) is 236 cm³/mol. The second-order valence-electron chi connectivity index (χ2n) is 19.5. The molecule has 320 valence electrons. The van der Waals surface area contributed by atoms with Gasteiger partial charge in [-0.1, -0.05) is 102 Å². The van der Waals surface area contributed by atoms with E-state index >= 15 is 0 Å². The van der Waals surface area contributed by atoms with E-state index in [4.69, 9.17) is 0 Å². The van der Waals surface area contributed by atoms with Crippen LogP contribution in [-0.4, -0.2) is 58.3 Å². The van der Waals surface area contributed by atoms with E-state index < -0.39 is 0 Å². The van der Waals surface area contributed by atoms with Crippen LogP contribution in [0.15, 0.2) is 60.8 Å². The topological polar surface area (TPSA) is 89.9 Å². The lowest BCUT2D eigenvalue weighted by molar-refractivity contribution is -0.203. The van der Waals surface area contributed by atoms with E-state index in [2.05, 4.69) is 101 Å². The summed E-state index contributed by atoms with van der Waals surface area (Å²) >= 11 is 0. The largest absolute Gasteiger partial charge is 0.393 e. The molecule has 3 N–H and O–H groups in total. The second-order valence-corrected chi connectivity index (χ2v) is 19.5. The van der Waals surface area contributed by atoms with Crippen LogP contribution < -0.4 is 5.32 Å². The lowest BCUT2D eigenvalue weighted by Crippen LogP contribution is -2.62. The Kier molecular flexibility index (Phi) is 17.8. The van der Waals surface area contributed by atoms with Crippen LogP contribution in [-0.2, 0) is 9.59 Å². The molecule has 4 saturated carbocycles. The first-order valence-corrected chi connectivity index (χ1v) is 23.7. The summed E-state index contributed by atoms with van der Waals surface area (Å²) in [4.78, 5) is 28.1. The first-order chi connectivity index (χ1) is 27.5. The number of aliphatic hydroxyl groups is 2. The highest BCUT2D eigenvalue weighted by Crippen LogP contribution is 2.69. The molecule has 5 rings (SSSR count). The molecule has 0 aromatic heterocycles. The van der Waals surface area contributed by atoms with Gasteiger partial charge in [-0.15, -0.1) is 0 Å². The molecule has 1 saturated heterocycles. The predicted octanol–water partition coefficient (Wildman–Crippen LogP) is 11.1. The number of hydrogen-bond acceptors (Lipinski definition) is 4. The molecule has 5 aliphatic rings. The van der Waals surface area contributed by atoms with Crippen molar-refractivity contribution < 1.29 is 19.8 Å². The van der Waals surface area contributed by atoms with Gasteiger partial charge >= 0.3 is 0 Å². The van der Waals surface area contributed by atoms with Crippen molar-refractivity contribution in [2.24, 2.45) is 52.3 Å². The fourth-order valence-electron chi connectivity index (χ4n) is 13.0. The number of rotatable bonds is 19. The number of nitrogens with one attached hydrogen (secondary N) is 1. The number of carbonyl (C=O) groups excluding carboxylic acids is 2. The third-order valence-corrected chi connectivity index (χ3v) is 16.1. The minimum absolute atomic E-state index is 0.159. The number of piperidine rings is 1. The summed E-state index contributed by atoms with van der Waals surface area (Å²) in [5, 5.41) is 26.0. The molecule has 0 aromatic carbocycles. The quantitative estimate of drug-likeness (QED) is 0.0898. The number of fused-ring (bicyclic) bond motifs is 5. The molecule has 0 bridgehead atoms. The normalized spacial score (nSPS) is 35.4. The van der Waals surface area contributed by atoms with Crippen molar-refractivity contribution in [2.75, 3.05) is 13.1 Å². The van der Waals surface area contributed by atoms with Crippen molar-refractivity contribution in [3.63, 3.8) is 0 Å². The van der Waals surface area contributed by atoms with Gasteiger partial charge in [0.1, 0.15) is 0 Å². The summed E-state index contributed by atoms with van der Waals surface area (Å²) in [6.07, 6.45) is 40.9.